The molecule has 0 unspecified atom stereocenters. The lowest BCUT2D eigenvalue weighted by molar-refractivity contribution is 0.101. The Labute approximate surface area is 143 Å². The molecule has 2 heterocycles. The molecule has 0 saturated heterocycles. The normalized spacial score (nSPS) is 10.8. The van der Waals surface area contributed by atoms with Crippen LogP contribution in [-0.2, 0) is 5.75 Å². The minimum absolute atomic E-state index is 0.0133. The van der Waals surface area contributed by atoms with Crippen LogP contribution in [0.5, 0.6) is 5.75 Å². The average Bonchev–Trinajstić information content (AvgIpc) is 3.21. The molecular formula is C17H16N2O4S. The van der Waals surface area contributed by atoms with Gasteiger partial charge in [0, 0.05) is 16.9 Å². The zero-order valence-electron chi connectivity index (χ0n) is 13.5. The third-order valence-corrected chi connectivity index (χ3v) is 4.40. The minimum Gasteiger partial charge on any atom is -0.496 e. The molecule has 0 amide bonds. The molecule has 0 N–H and O–H groups in total. The Kier molecular flexibility index (Phi) is 4.71. The Morgan fingerprint density at radius 1 is 1.29 bits per heavy atom. The Morgan fingerprint density at radius 2 is 2.12 bits per heavy atom. The van der Waals surface area contributed by atoms with Crippen molar-refractivity contribution in [2.24, 2.45) is 0 Å². The summed E-state index contributed by atoms with van der Waals surface area (Å²) in [7, 11) is 1.60. The van der Waals surface area contributed by atoms with E-state index in [1.807, 2.05) is 13.0 Å². The van der Waals surface area contributed by atoms with Crippen LogP contribution in [0.1, 0.15) is 28.6 Å². The van der Waals surface area contributed by atoms with Crippen LogP contribution in [0.2, 0.25) is 0 Å². The number of aromatic nitrogens is 2. The number of ether oxygens (including phenoxy) is 1. The maximum absolute atomic E-state index is 11.5. The number of nitrogens with zero attached hydrogens (tertiary/aromatic N) is 2. The first-order valence-corrected chi connectivity index (χ1v) is 8.25. The van der Waals surface area contributed by atoms with Crippen LogP contribution in [-0.4, -0.2) is 23.1 Å². The largest absolute Gasteiger partial charge is 0.496 e. The molecule has 3 rings (SSSR count). The van der Waals surface area contributed by atoms with Crippen molar-refractivity contribution in [3.05, 3.63) is 47.4 Å². The van der Waals surface area contributed by atoms with Gasteiger partial charge in [0.05, 0.1) is 18.9 Å². The van der Waals surface area contributed by atoms with E-state index >= 15 is 0 Å². The lowest BCUT2D eigenvalue weighted by Crippen LogP contribution is -1.96. The van der Waals surface area contributed by atoms with E-state index < -0.39 is 0 Å². The second kappa shape index (κ2) is 6.92. The molecule has 124 valence electrons. The predicted molar refractivity (Wildman–Crippen MR) is 89.3 cm³/mol. The highest BCUT2D eigenvalue weighted by Gasteiger charge is 2.14. The molecule has 3 aromatic rings. The van der Waals surface area contributed by atoms with Gasteiger partial charge in [0.2, 0.25) is 0 Å². The van der Waals surface area contributed by atoms with E-state index in [0.717, 1.165) is 22.6 Å². The molecule has 0 atom stereocenters. The number of aryl methyl sites for hydroxylation is 1. The topological polar surface area (TPSA) is 78.4 Å². The van der Waals surface area contributed by atoms with E-state index in [2.05, 4.69) is 10.2 Å². The summed E-state index contributed by atoms with van der Waals surface area (Å²) in [6.45, 7) is 3.38. The minimum atomic E-state index is 0.0133. The Hall–Kier alpha value is -2.54. The third kappa shape index (κ3) is 3.35. The molecule has 0 fully saturated rings. The van der Waals surface area contributed by atoms with Gasteiger partial charge in [-0.25, -0.2) is 0 Å². The van der Waals surface area contributed by atoms with Crippen molar-refractivity contribution in [1.82, 2.24) is 10.2 Å². The highest BCUT2D eigenvalue weighted by molar-refractivity contribution is 7.98. The molecule has 0 bridgehead atoms. The molecule has 6 nitrogen and oxygen atoms in total. The Balaban J connectivity index is 1.76. The summed E-state index contributed by atoms with van der Waals surface area (Å²) in [5.41, 5.74) is 2.33. The van der Waals surface area contributed by atoms with E-state index in [1.165, 1.54) is 18.7 Å². The Bertz CT molecular complexity index is 869. The highest BCUT2D eigenvalue weighted by atomic mass is 32.2. The molecule has 7 heteroatoms. The standard InChI is InChI=1S/C17H16N2O4S/c1-10(20)12-4-5-15(21-3)13(8-12)9-24-17-19-18-16(23-17)14-6-7-22-11(14)2/h4-8H,9H2,1-3H3. The second-order valence-corrected chi connectivity index (χ2v) is 6.06. The van der Waals surface area contributed by atoms with Crippen molar-refractivity contribution in [3.63, 3.8) is 0 Å². The van der Waals surface area contributed by atoms with Gasteiger partial charge >= 0.3 is 0 Å². The molecule has 0 aliphatic rings. The summed E-state index contributed by atoms with van der Waals surface area (Å²) in [6.07, 6.45) is 1.58. The van der Waals surface area contributed by atoms with E-state index in [-0.39, 0.29) is 5.78 Å². The fourth-order valence-corrected chi connectivity index (χ4v) is 2.97. The second-order valence-electron chi connectivity index (χ2n) is 5.14. The van der Waals surface area contributed by atoms with Gasteiger partial charge in [0.25, 0.3) is 11.1 Å². The van der Waals surface area contributed by atoms with Gasteiger partial charge in [-0.1, -0.05) is 11.8 Å². The summed E-state index contributed by atoms with van der Waals surface area (Å²) in [6, 6.07) is 7.16. The predicted octanol–water partition coefficient (Wildman–Crippen LogP) is 4.14. The van der Waals surface area contributed by atoms with E-state index in [4.69, 9.17) is 13.6 Å². The number of rotatable bonds is 6. The number of benzene rings is 1. The lowest BCUT2D eigenvalue weighted by atomic mass is 10.1. The number of hydrogen-bond donors (Lipinski definition) is 0. The monoisotopic (exact) mass is 344 g/mol. The smallest absolute Gasteiger partial charge is 0.277 e. The van der Waals surface area contributed by atoms with Gasteiger partial charge in [-0.15, -0.1) is 10.2 Å². The number of Topliss-reactive ketones (excluding diaryl/α,β-unsaturated/α-hetero) is 1. The van der Waals surface area contributed by atoms with Crippen molar-refractivity contribution < 1.29 is 18.4 Å². The number of ketones is 1. The SMILES string of the molecule is COc1ccc(C(C)=O)cc1CSc1nnc(-c2ccoc2C)o1. The fourth-order valence-electron chi connectivity index (χ4n) is 2.23. The maximum Gasteiger partial charge on any atom is 0.277 e. The van der Waals surface area contributed by atoms with Gasteiger partial charge in [-0.2, -0.15) is 0 Å². The van der Waals surface area contributed by atoms with Crippen LogP contribution in [0, 0.1) is 6.92 Å². The van der Waals surface area contributed by atoms with Crippen molar-refractivity contribution in [1.29, 1.82) is 0 Å². The van der Waals surface area contributed by atoms with Crippen molar-refractivity contribution in [2.45, 2.75) is 24.8 Å². The molecular weight excluding hydrogens is 328 g/mol. The maximum atomic E-state index is 11.5. The van der Waals surface area contributed by atoms with Crippen LogP contribution in [0.25, 0.3) is 11.5 Å². The highest BCUT2D eigenvalue weighted by Crippen LogP contribution is 2.31. The van der Waals surface area contributed by atoms with E-state index in [9.17, 15) is 4.79 Å². The third-order valence-electron chi connectivity index (χ3n) is 3.53. The van der Waals surface area contributed by atoms with E-state index in [0.29, 0.717) is 22.4 Å². The van der Waals surface area contributed by atoms with Gasteiger partial charge in [0.15, 0.2) is 5.78 Å². The molecule has 0 spiro atoms. The Morgan fingerprint density at radius 3 is 2.79 bits per heavy atom. The molecule has 0 radical (unpaired) electrons. The fraction of sp³-hybridized carbons (Fsp3) is 0.235. The zero-order chi connectivity index (χ0) is 17.1. The van der Waals surface area contributed by atoms with Crippen molar-refractivity contribution >= 4 is 17.5 Å². The summed E-state index contributed by atoms with van der Waals surface area (Å²) >= 11 is 1.39. The first-order chi connectivity index (χ1) is 11.6. The summed E-state index contributed by atoms with van der Waals surface area (Å²) < 4.78 is 16.2. The summed E-state index contributed by atoms with van der Waals surface area (Å²) in [5, 5.41) is 8.52. The number of hydrogen-bond acceptors (Lipinski definition) is 7. The molecule has 1 aromatic carbocycles. The zero-order valence-corrected chi connectivity index (χ0v) is 14.3. The van der Waals surface area contributed by atoms with Gasteiger partial charge < -0.3 is 13.6 Å². The average molecular weight is 344 g/mol. The van der Waals surface area contributed by atoms with Crippen LogP contribution in [0.4, 0.5) is 0 Å². The van der Waals surface area contributed by atoms with E-state index in [1.54, 1.807) is 31.6 Å². The first kappa shape index (κ1) is 16.3. The first-order valence-electron chi connectivity index (χ1n) is 7.27. The van der Waals surface area contributed by atoms with Gasteiger partial charge in [0.1, 0.15) is 11.5 Å². The molecule has 0 saturated carbocycles. The number of furan rings is 1. The number of methoxy groups -OCH3 is 1. The lowest BCUT2D eigenvalue weighted by Gasteiger charge is -2.08. The summed E-state index contributed by atoms with van der Waals surface area (Å²) in [5.74, 6) is 2.44. The number of carbonyl (C=O) groups excluding carboxylic acids is 1. The molecule has 0 aliphatic carbocycles. The summed E-state index contributed by atoms with van der Waals surface area (Å²) in [4.78, 5) is 11.5. The molecule has 0 aliphatic heterocycles. The van der Waals surface area contributed by atoms with Crippen molar-refractivity contribution in [2.75, 3.05) is 7.11 Å². The van der Waals surface area contributed by atoms with Crippen LogP contribution >= 0.6 is 11.8 Å². The molecule has 2 aromatic heterocycles. The number of carbonyl (C=O) groups is 1. The van der Waals surface area contributed by atoms with Crippen LogP contribution in [0.15, 0.2) is 44.6 Å². The van der Waals surface area contributed by atoms with Crippen LogP contribution < -0.4 is 4.74 Å². The van der Waals surface area contributed by atoms with Crippen LogP contribution in [0.3, 0.4) is 0 Å². The quantitative estimate of drug-likeness (QED) is 0.491. The van der Waals surface area contributed by atoms with Gasteiger partial charge in [-0.05, 0) is 38.1 Å². The number of thioether (sulfide) groups is 1. The van der Waals surface area contributed by atoms with Crippen molar-refractivity contribution in [3.8, 4) is 17.2 Å². The van der Waals surface area contributed by atoms with Gasteiger partial charge in [-0.3, -0.25) is 4.79 Å². The molecule has 24 heavy (non-hydrogen) atoms.